The summed E-state index contributed by atoms with van der Waals surface area (Å²) in [6.45, 7) is 3.37. The summed E-state index contributed by atoms with van der Waals surface area (Å²) >= 11 is 0. The van der Waals surface area contributed by atoms with Crippen LogP contribution in [0.1, 0.15) is 39.5 Å². The molecule has 1 rings (SSSR count). The highest BCUT2D eigenvalue weighted by atomic mass is 16.7. The van der Waals surface area contributed by atoms with Crippen molar-refractivity contribution in [2.75, 3.05) is 0 Å². The van der Waals surface area contributed by atoms with E-state index in [2.05, 4.69) is 0 Å². The van der Waals surface area contributed by atoms with E-state index in [-0.39, 0.29) is 18.6 Å². The first-order valence-corrected chi connectivity index (χ1v) is 6.29. The van der Waals surface area contributed by atoms with Gasteiger partial charge in [0.25, 0.3) is 0 Å². The Hall–Kier alpha value is -0.690. The van der Waals surface area contributed by atoms with Crippen LogP contribution < -0.4 is 0 Å². The zero-order valence-electron chi connectivity index (χ0n) is 10.8. The van der Waals surface area contributed by atoms with E-state index >= 15 is 0 Å². The van der Waals surface area contributed by atoms with E-state index in [1.165, 1.54) is 6.92 Å². The lowest BCUT2D eigenvalue weighted by molar-refractivity contribution is -0.138. The van der Waals surface area contributed by atoms with E-state index in [0.29, 0.717) is 19.3 Å². The molecule has 0 radical (unpaired) electrons. The lowest BCUT2D eigenvalue weighted by Crippen LogP contribution is -2.24. The van der Waals surface area contributed by atoms with Crippen LogP contribution >= 0.6 is 0 Å². The number of aliphatic carboxylic acids is 1. The predicted molar refractivity (Wildman–Crippen MR) is 63.0 cm³/mol. The van der Waals surface area contributed by atoms with Gasteiger partial charge in [0, 0.05) is 12.8 Å². The van der Waals surface area contributed by atoms with E-state index in [9.17, 15) is 9.90 Å². The normalized spacial score (nSPS) is 31.2. The van der Waals surface area contributed by atoms with E-state index in [1.807, 2.05) is 6.92 Å². The molecule has 1 heterocycles. The summed E-state index contributed by atoms with van der Waals surface area (Å²) in [5, 5.41) is 27.2. The number of hydrogen-bond acceptors (Lipinski definition) is 5. The van der Waals surface area contributed by atoms with Gasteiger partial charge in [0.1, 0.15) is 0 Å². The van der Waals surface area contributed by atoms with E-state index in [1.54, 1.807) is 0 Å². The highest BCUT2D eigenvalue weighted by Gasteiger charge is 2.33. The van der Waals surface area contributed by atoms with Gasteiger partial charge in [-0.2, -0.15) is 0 Å². The first-order valence-electron chi connectivity index (χ1n) is 6.29. The number of carboxylic acids is 1. The van der Waals surface area contributed by atoms with Crippen molar-refractivity contribution in [1.29, 1.82) is 0 Å². The van der Waals surface area contributed by atoms with Gasteiger partial charge in [0.05, 0.1) is 24.4 Å². The molecule has 0 spiro atoms. The molecule has 1 aliphatic rings. The maximum atomic E-state index is 10.5. The number of hydrogen-bond donors (Lipinski definition) is 3. The molecule has 6 heteroatoms. The average Bonchev–Trinajstić information content (AvgIpc) is 2.64. The van der Waals surface area contributed by atoms with Gasteiger partial charge in [-0.3, -0.25) is 4.79 Å². The average molecular weight is 262 g/mol. The third kappa shape index (κ3) is 4.89. The molecule has 0 aromatic heterocycles. The molecule has 5 unspecified atom stereocenters. The van der Waals surface area contributed by atoms with Crippen LogP contribution in [0.4, 0.5) is 0 Å². The van der Waals surface area contributed by atoms with Crippen LogP contribution in [0.2, 0.25) is 0 Å². The zero-order valence-corrected chi connectivity index (χ0v) is 10.8. The van der Waals surface area contributed by atoms with Gasteiger partial charge < -0.3 is 24.8 Å². The topological polar surface area (TPSA) is 96.2 Å². The van der Waals surface area contributed by atoms with Crippen molar-refractivity contribution in [1.82, 2.24) is 0 Å². The largest absolute Gasteiger partial charge is 0.481 e. The van der Waals surface area contributed by atoms with Crippen LogP contribution in [0.15, 0.2) is 0 Å². The molecular formula is C12H22O6. The molecule has 0 amide bonds. The molecule has 5 atom stereocenters. The van der Waals surface area contributed by atoms with Crippen molar-refractivity contribution in [3.8, 4) is 0 Å². The van der Waals surface area contributed by atoms with Crippen molar-refractivity contribution < 1.29 is 29.6 Å². The van der Waals surface area contributed by atoms with Crippen LogP contribution in [0.5, 0.6) is 0 Å². The summed E-state index contributed by atoms with van der Waals surface area (Å²) < 4.78 is 11.1. The summed E-state index contributed by atoms with van der Waals surface area (Å²) in [5.41, 5.74) is 0. The Morgan fingerprint density at radius 2 is 1.94 bits per heavy atom. The van der Waals surface area contributed by atoms with E-state index < -0.39 is 24.5 Å². The summed E-state index contributed by atoms with van der Waals surface area (Å²) in [6, 6.07) is 0. The second-order valence-corrected chi connectivity index (χ2v) is 4.76. The summed E-state index contributed by atoms with van der Waals surface area (Å²) in [6.07, 6.45) is -0.981. The Kier molecular flexibility index (Phi) is 6.01. The predicted octanol–water partition coefficient (Wildman–Crippen LogP) is 0.503. The van der Waals surface area contributed by atoms with Gasteiger partial charge >= 0.3 is 5.97 Å². The van der Waals surface area contributed by atoms with Gasteiger partial charge in [-0.15, -0.1) is 0 Å². The number of carboxylic acid groups (broad SMARTS) is 1. The van der Waals surface area contributed by atoms with Crippen molar-refractivity contribution >= 4 is 5.97 Å². The van der Waals surface area contributed by atoms with Gasteiger partial charge in [0.2, 0.25) is 0 Å². The van der Waals surface area contributed by atoms with Crippen LogP contribution in [0, 0.1) is 0 Å². The minimum absolute atomic E-state index is 0.0569. The monoisotopic (exact) mass is 262 g/mol. The molecule has 6 nitrogen and oxygen atoms in total. The Morgan fingerprint density at radius 3 is 2.50 bits per heavy atom. The molecule has 1 saturated heterocycles. The third-order valence-corrected chi connectivity index (χ3v) is 3.11. The molecule has 0 bridgehead atoms. The number of aliphatic hydroxyl groups is 2. The Labute approximate surface area is 107 Å². The fourth-order valence-electron chi connectivity index (χ4n) is 1.92. The van der Waals surface area contributed by atoms with Crippen LogP contribution in [0.3, 0.4) is 0 Å². The lowest BCUT2D eigenvalue weighted by atomic mass is 10.1. The Bertz CT molecular complexity index is 267. The third-order valence-electron chi connectivity index (χ3n) is 3.11. The molecule has 1 fully saturated rings. The number of rotatable bonds is 7. The van der Waals surface area contributed by atoms with Gasteiger partial charge in [-0.25, -0.2) is 0 Å². The van der Waals surface area contributed by atoms with Crippen LogP contribution in [-0.2, 0) is 14.3 Å². The standard InChI is InChI=1S/C12H22O6/c1-7(13)9(14)3-6-12-17-8(2)10(18-12)4-5-11(15)16/h7-10,12-14H,3-6H2,1-2H3,(H,15,16). The SMILES string of the molecule is CC(O)C(O)CCC1OC(C)C(CCC(=O)O)O1. The van der Waals surface area contributed by atoms with Crippen LogP contribution in [0.25, 0.3) is 0 Å². The molecule has 3 N–H and O–H groups in total. The summed E-state index contributed by atoms with van der Waals surface area (Å²) in [7, 11) is 0. The smallest absolute Gasteiger partial charge is 0.303 e. The second-order valence-electron chi connectivity index (χ2n) is 4.76. The minimum Gasteiger partial charge on any atom is -0.481 e. The number of ether oxygens (including phenoxy) is 2. The molecular weight excluding hydrogens is 240 g/mol. The molecule has 1 aliphatic heterocycles. The van der Waals surface area contributed by atoms with E-state index in [4.69, 9.17) is 19.7 Å². The van der Waals surface area contributed by atoms with Gasteiger partial charge in [-0.1, -0.05) is 0 Å². The van der Waals surface area contributed by atoms with Crippen molar-refractivity contribution in [2.24, 2.45) is 0 Å². The molecule has 106 valence electrons. The molecule has 0 aromatic carbocycles. The number of aliphatic hydroxyl groups excluding tert-OH is 2. The first-order chi connectivity index (χ1) is 8.40. The maximum Gasteiger partial charge on any atom is 0.303 e. The molecule has 18 heavy (non-hydrogen) atoms. The van der Waals surface area contributed by atoms with Crippen molar-refractivity contribution in [3.05, 3.63) is 0 Å². The fourth-order valence-corrected chi connectivity index (χ4v) is 1.92. The van der Waals surface area contributed by atoms with Crippen molar-refractivity contribution in [3.63, 3.8) is 0 Å². The van der Waals surface area contributed by atoms with Crippen LogP contribution in [-0.4, -0.2) is 52.0 Å². The Morgan fingerprint density at radius 1 is 1.28 bits per heavy atom. The second kappa shape index (κ2) is 7.04. The van der Waals surface area contributed by atoms with Gasteiger partial charge in [0.15, 0.2) is 6.29 Å². The minimum atomic E-state index is -0.848. The van der Waals surface area contributed by atoms with Crippen molar-refractivity contribution in [2.45, 2.75) is 70.2 Å². The molecule has 0 aliphatic carbocycles. The summed E-state index contributed by atoms with van der Waals surface area (Å²) in [5.74, 6) is -0.848. The first kappa shape index (κ1) is 15.4. The Balaban J connectivity index is 2.28. The highest BCUT2D eigenvalue weighted by Crippen LogP contribution is 2.25. The van der Waals surface area contributed by atoms with Gasteiger partial charge in [-0.05, 0) is 26.7 Å². The maximum absolute atomic E-state index is 10.5. The van der Waals surface area contributed by atoms with E-state index in [0.717, 1.165) is 0 Å². The molecule has 0 saturated carbocycles. The number of carbonyl (C=O) groups is 1. The zero-order chi connectivity index (χ0) is 13.7. The fraction of sp³-hybridized carbons (Fsp3) is 0.917. The summed E-state index contributed by atoms with van der Waals surface area (Å²) in [4.78, 5) is 10.5. The highest BCUT2D eigenvalue weighted by molar-refractivity contribution is 5.66. The molecule has 0 aromatic rings. The quantitative estimate of drug-likeness (QED) is 0.618. The lowest BCUT2D eigenvalue weighted by Gasteiger charge is -2.16.